The van der Waals surface area contributed by atoms with Crippen LogP contribution in [0.4, 0.5) is 17.1 Å². The molecule has 9 nitrogen and oxygen atoms in total. The van der Waals surface area contributed by atoms with E-state index in [-0.39, 0.29) is 21.0 Å². The zero-order valence-electron chi connectivity index (χ0n) is 20.5. The lowest BCUT2D eigenvalue weighted by Crippen LogP contribution is -2.18. The van der Waals surface area contributed by atoms with Crippen LogP contribution in [0.5, 0.6) is 5.75 Å². The smallest absolute Gasteiger partial charge is 0.262 e. The molecule has 0 aliphatic rings. The Labute approximate surface area is 221 Å². The van der Waals surface area contributed by atoms with Gasteiger partial charge in [-0.1, -0.05) is 36.4 Å². The number of anilines is 3. The molecule has 0 aliphatic carbocycles. The molecule has 0 spiro atoms. The van der Waals surface area contributed by atoms with Gasteiger partial charge in [0, 0.05) is 5.69 Å². The van der Waals surface area contributed by atoms with E-state index in [1.807, 2.05) is 6.92 Å². The Morgan fingerprint density at radius 1 is 0.684 bits per heavy atom. The van der Waals surface area contributed by atoms with Crippen molar-refractivity contribution in [3.63, 3.8) is 0 Å². The first-order valence-electron chi connectivity index (χ1n) is 11.3. The Kier molecular flexibility index (Phi) is 7.70. The third-order valence-corrected chi connectivity index (χ3v) is 8.25. The van der Waals surface area contributed by atoms with Crippen molar-refractivity contribution >= 4 is 43.0 Å². The maximum atomic E-state index is 13.0. The minimum atomic E-state index is -3.93. The number of carbonyl (C=O) groups excluding carboxylic acids is 1. The topological polar surface area (TPSA) is 131 Å². The summed E-state index contributed by atoms with van der Waals surface area (Å²) in [5.41, 5.74) is 1.68. The highest BCUT2D eigenvalue weighted by Crippen LogP contribution is 2.28. The van der Waals surface area contributed by atoms with Gasteiger partial charge in [0.15, 0.2) is 0 Å². The number of hydrogen-bond acceptors (Lipinski definition) is 6. The minimum absolute atomic E-state index is 0.0184. The molecule has 4 rings (SSSR count). The summed E-state index contributed by atoms with van der Waals surface area (Å²) >= 11 is 0. The van der Waals surface area contributed by atoms with Crippen molar-refractivity contribution in [2.24, 2.45) is 0 Å². The number of ether oxygens (including phenoxy) is 1. The molecule has 0 unspecified atom stereocenters. The number of hydrogen-bond donors (Lipinski definition) is 3. The molecule has 3 N–H and O–H groups in total. The zero-order valence-corrected chi connectivity index (χ0v) is 22.1. The highest BCUT2D eigenvalue weighted by atomic mass is 32.2. The molecular formula is C27H25N3O6S2. The molecule has 196 valence electrons. The first-order valence-corrected chi connectivity index (χ1v) is 14.3. The summed E-state index contributed by atoms with van der Waals surface area (Å²) in [6.45, 7) is 1.83. The number of rotatable bonds is 9. The summed E-state index contributed by atoms with van der Waals surface area (Å²) in [5, 5.41) is 2.67. The van der Waals surface area contributed by atoms with Crippen LogP contribution in [-0.4, -0.2) is 29.9 Å². The summed E-state index contributed by atoms with van der Waals surface area (Å²) < 4.78 is 61.5. The Morgan fingerprint density at radius 3 is 1.92 bits per heavy atom. The van der Waals surface area contributed by atoms with Crippen LogP contribution in [0.3, 0.4) is 0 Å². The van der Waals surface area contributed by atoms with E-state index in [0.717, 1.165) is 5.56 Å². The Hall–Kier alpha value is -4.35. The second-order valence-corrected chi connectivity index (χ2v) is 11.6. The highest BCUT2D eigenvalue weighted by Gasteiger charge is 2.20. The Morgan fingerprint density at radius 2 is 1.26 bits per heavy atom. The van der Waals surface area contributed by atoms with Crippen LogP contribution in [0.1, 0.15) is 15.9 Å². The maximum absolute atomic E-state index is 13.0. The standard InChI is InChI=1S/C27H25N3O6S2/c1-19-12-17-26(36-2)25(18-19)30-38(34,35)22-15-13-20(14-16-22)28-27(31)23-10-6-7-11-24(23)29-37(32,33)21-8-4-3-5-9-21/h3-18,29-30H,1-2H3,(H,28,31). The molecule has 11 heteroatoms. The van der Waals surface area contributed by atoms with Crippen LogP contribution >= 0.6 is 0 Å². The highest BCUT2D eigenvalue weighted by molar-refractivity contribution is 7.93. The van der Waals surface area contributed by atoms with Crippen LogP contribution < -0.4 is 19.5 Å². The lowest BCUT2D eigenvalue weighted by atomic mass is 10.1. The normalized spacial score (nSPS) is 11.4. The average Bonchev–Trinajstić information content (AvgIpc) is 2.89. The lowest BCUT2D eigenvalue weighted by Gasteiger charge is -2.14. The minimum Gasteiger partial charge on any atom is -0.495 e. The van der Waals surface area contributed by atoms with Gasteiger partial charge in [0.2, 0.25) is 0 Å². The lowest BCUT2D eigenvalue weighted by molar-refractivity contribution is 0.102. The molecule has 0 bridgehead atoms. The molecule has 0 atom stereocenters. The monoisotopic (exact) mass is 551 g/mol. The molecule has 0 radical (unpaired) electrons. The molecule has 1 amide bonds. The van der Waals surface area contributed by atoms with E-state index in [0.29, 0.717) is 17.1 Å². The maximum Gasteiger partial charge on any atom is 0.262 e. The van der Waals surface area contributed by atoms with E-state index in [9.17, 15) is 21.6 Å². The van der Waals surface area contributed by atoms with Gasteiger partial charge >= 0.3 is 0 Å². The van der Waals surface area contributed by atoms with Gasteiger partial charge in [0.1, 0.15) is 5.75 Å². The van der Waals surface area contributed by atoms with Crippen LogP contribution in [-0.2, 0) is 20.0 Å². The third kappa shape index (κ3) is 6.13. The van der Waals surface area contributed by atoms with E-state index < -0.39 is 26.0 Å². The van der Waals surface area contributed by atoms with Crippen LogP contribution in [0.25, 0.3) is 0 Å². The number of para-hydroxylation sites is 1. The molecule has 0 aliphatic heterocycles. The van der Waals surface area contributed by atoms with E-state index in [1.54, 1.807) is 48.5 Å². The second kappa shape index (κ2) is 11.0. The molecule has 0 heterocycles. The van der Waals surface area contributed by atoms with Crippen molar-refractivity contribution in [3.05, 3.63) is 108 Å². The SMILES string of the molecule is COc1ccc(C)cc1NS(=O)(=O)c1ccc(NC(=O)c2ccccc2NS(=O)(=O)c2ccccc2)cc1. The first-order chi connectivity index (χ1) is 18.1. The Balaban J connectivity index is 1.51. The predicted molar refractivity (Wildman–Crippen MR) is 147 cm³/mol. The van der Waals surface area contributed by atoms with Gasteiger partial charge in [0.25, 0.3) is 26.0 Å². The van der Waals surface area contributed by atoms with Gasteiger partial charge in [0.05, 0.1) is 33.8 Å². The van der Waals surface area contributed by atoms with E-state index >= 15 is 0 Å². The molecule has 4 aromatic rings. The summed E-state index contributed by atoms with van der Waals surface area (Å²) in [5.74, 6) is -0.195. The van der Waals surface area contributed by atoms with Crippen molar-refractivity contribution in [2.75, 3.05) is 21.9 Å². The average molecular weight is 552 g/mol. The second-order valence-electron chi connectivity index (χ2n) is 8.25. The number of nitrogens with one attached hydrogen (secondary N) is 3. The number of carbonyl (C=O) groups is 1. The van der Waals surface area contributed by atoms with Crippen molar-refractivity contribution < 1.29 is 26.4 Å². The van der Waals surface area contributed by atoms with E-state index in [4.69, 9.17) is 4.74 Å². The van der Waals surface area contributed by atoms with Gasteiger partial charge in [-0.15, -0.1) is 0 Å². The van der Waals surface area contributed by atoms with Gasteiger partial charge in [-0.05, 0) is 73.2 Å². The predicted octanol–water partition coefficient (Wildman–Crippen LogP) is 4.86. The molecule has 0 saturated carbocycles. The van der Waals surface area contributed by atoms with Crippen LogP contribution in [0, 0.1) is 6.92 Å². The summed E-state index contributed by atoms with van der Waals surface area (Å²) in [6.07, 6.45) is 0. The number of sulfonamides is 2. The van der Waals surface area contributed by atoms with Gasteiger partial charge in [-0.3, -0.25) is 14.2 Å². The zero-order chi connectivity index (χ0) is 27.3. The van der Waals surface area contributed by atoms with Gasteiger partial charge < -0.3 is 10.1 Å². The van der Waals surface area contributed by atoms with E-state index in [2.05, 4.69) is 14.8 Å². The molecule has 38 heavy (non-hydrogen) atoms. The molecule has 4 aromatic carbocycles. The van der Waals surface area contributed by atoms with Crippen LogP contribution in [0.15, 0.2) is 107 Å². The largest absolute Gasteiger partial charge is 0.495 e. The van der Waals surface area contributed by atoms with Crippen molar-refractivity contribution in [1.82, 2.24) is 0 Å². The fraction of sp³-hybridized carbons (Fsp3) is 0.0741. The Bertz CT molecular complexity index is 1670. The van der Waals surface area contributed by atoms with Crippen LogP contribution in [0.2, 0.25) is 0 Å². The summed E-state index contributed by atoms with van der Waals surface area (Å²) in [7, 11) is -6.39. The number of benzene rings is 4. The quantitative estimate of drug-likeness (QED) is 0.272. The fourth-order valence-electron chi connectivity index (χ4n) is 3.59. The fourth-order valence-corrected chi connectivity index (χ4v) is 5.76. The third-order valence-electron chi connectivity index (χ3n) is 5.49. The first kappa shape index (κ1) is 26.7. The number of methoxy groups -OCH3 is 1. The number of aryl methyl sites for hydroxylation is 1. The molecule has 0 fully saturated rings. The van der Waals surface area contributed by atoms with E-state index in [1.165, 1.54) is 55.6 Å². The molecular weight excluding hydrogens is 526 g/mol. The van der Waals surface area contributed by atoms with Crippen molar-refractivity contribution in [1.29, 1.82) is 0 Å². The summed E-state index contributed by atoms with van der Waals surface area (Å²) in [6, 6.07) is 24.7. The summed E-state index contributed by atoms with van der Waals surface area (Å²) in [4.78, 5) is 13.0. The van der Waals surface area contributed by atoms with Gasteiger partial charge in [-0.25, -0.2) is 16.8 Å². The number of amides is 1. The van der Waals surface area contributed by atoms with Crippen molar-refractivity contribution in [2.45, 2.75) is 16.7 Å². The van der Waals surface area contributed by atoms with Crippen molar-refractivity contribution in [3.8, 4) is 5.75 Å². The molecule has 0 aromatic heterocycles. The molecule has 0 saturated heterocycles. The van der Waals surface area contributed by atoms with Gasteiger partial charge in [-0.2, -0.15) is 0 Å².